The van der Waals surface area contributed by atoms with Crippen LogP contribution >= 0.6 is 0 Å². The number of nitrogen functional groups attached to an aromatic ring is 1. The minimum Gasteiger partial charge on any atom is -0.399 e. The van der Waals surface area contributed by atoms with Crippen LogP contribution in [0, 0.1) is 5.92 Å². The van der Waals surface area contributed by atoms with Crippen LogP contribution in [-0.2, 0) is 4.74 Å². The van der Waals surface area contributed by atoms with Gasteiger partial charge in [0, 0.05) is 30.8 Å². The maximum atomic E-state index is 5.81. The van der Waals surface area contributed by atoms with E-state index in [-0.39, 0.29) is 0 Å². The van der Waals surface area contributed by atoms with Gasteiger partial charge in [0.25, 0.3) is 0 Å². The Hall–Kier alpha value is -1.88. The molecule has 3 N–H and O–H groups in total. The van der Waals surface area contributed by atoms with Gasteiger partial charge in [0.2, 0.25) is 0 Å². The number of nitrogens with zero attached hydrogens (tertiary/aromatic N) is 2. The van der Waals surface area contributed by atoms with Gasteiger partial charge in [-0.1, -0.05) is 13.8 Å². The Bertz CT molecular complexity index is 557. The van der Waals surface area contributed by atoms with Crippen LogP contribution in [0.5, 0.6) is 0 Å². The van der Waals surface area contributed by atoms with Crippen LogP contribution in [0.3, 0.4) is 0 Å². The summed E-state index contributed by atoms with van der Waals surface area (Å²) in [6.07, 6.45) is 2.51. The zero-order valence-corrected chi connectivity index (χ0v) is 12.1. The number of nitrogens with two attached hydrogens (primary N) is 1. The van der Waals surface area contributed by atoms with E-state index in [2.05, 4.69) is 29.1 Å². The van der Waals surface area contributed by atoms with Crippen molar-refractivity contribution in [2.75, 3.05) is 30.8 Å². The predicted octanol–water partition coefficient (Wildman–Crippen LogP) is 2.69. The molecule has 0 aliphatic rings. The van der Waals surface area contributed by atoms with E-state index < -0.39 is 0 Å². The Morgan fingerprint density at radius 3 is 2.95 bits per heavy atom. The molecule has 2 rings (SSSR count). The highest BCUT2D eigenvalue weighted by molar-refractivity contribution is 5.91. The Morgan fingerprint density at radius 1 is 1.30 bits per heavy atom. The highest BCUT2D eigenvalue weighted by atomic mass is 16.5. The van der Waals surface area contributed by atoms with Crippen molar-refractivity contribution in [3.63, 3.8) is 0 Å². The molecule has 0 aliphatic carbocycles. The van der Waals surface area contributed by atoms with Gasteiger partial charge < -0.3 is 15.8 Å². The minimum atomic E-state index is 0.580. The smallest absolute Gasteiger partial charge is 0.137 e. The highest BCUT2D eigenvalue weighted by Crippen LogP contribution is 2.21. The summed E-state index contributed by atoms with van der Waals surface area (Å²) in [5, 5.41) is 4.27. The van der Waals surface area contributed by atoms with E-state index in [1.165, 1.54) is 0 Å². The Balaban J connectivity index is 1.88. The van der Waals surface area contributed by atoms with Gasteiger partial charge in [0.1, 0.15) is 12.1 Å². The maximum absolute atomic E-state index is 5.81. The molecule has 0 saturated carbocycles. The zero-order valence-electron chi connectivity index (χ0n) is 12.1. The quantitative estimate of drug-likeness (QED) is 0.600. The first-order valence-corrected chi connectivity index (χ1v) is 6.98. The summed E-state index contributed by atoms with van der Waals surface area (Å²) in [5.41, 5.74) is 7.43. The molecular weight excluding hydrogens is 252 g/mol. The van der Waals surface area contributed by atoms with Crippen LogP contribution in [0.25, 0.3) is 10.9 Å². The topological polar surface area (TPSA) is 73.1 Å². The van der Waals surface area contributed by atoms with Crippen molar-refractivity contribution in [2.45, 2.75) is 20.3 Å². The van der Waals surface area contributed by atoms with E-state index in [1.54, 1.807) is 6.33 Å². The SMILES string of the molecule is CC(C)COCCCNc1ncnc2ccc(N)cc12. The van der Waals surface area contributed by atoms with Gasteiger partial charge >= 0.3 is 0 Å². The van der Waals surface area contributed by atoms with E-state index in [4.69, 9.17) is 10.5 Å². The molecule has 108 valence electrons. The van der Waals surface area contributed by atoms with Crippen molar-refractivity contribution in [3.8, 4) is 0 Å². The van der Waals surface area contributed by atoms with Gasteiger partial charge in [-0.05, 0) is 30.5 Å². The Morgan fingerprint density at radius 2 is 2.15 bits per heavy atom. The average Bonchev–Trinajstić information content (AvgIpc) is 2.42. The van der Waals surface area contributed by atoms with Crippen LogP contribution in [-0.4, -0.2) is 29.7 Å². The van der Waals surface area contributed by atoms with Gasteiger partial charge in [0.05, 0.1) is 5.52 Å². The summed E-state index contributed by atoms with van der Waals surface area (Å²) in [7, 11) is 0. The van der Waals surface area contributed by atoms with Crippen LogP contribution in [0.1, 0.15) is 20.3 Å². The van der Waals surface area contributed by atoms with Crippen molar-refractivity contribution in [1.29, 1.82) is 0 Å². The molecule has 0 saturated heterocycles. The second-order valence-electron chi connectivity index (χ2n) is 5.25. The van der Waals surface area contributed by atoms with Gasteiger partial charge in [-0.3, -0.25) is 0 Å². The third-order valence-electron chi connectivity index (χ3n) is 2.87. The number of nitrogens with one attached hydrogen (secondary N) is 1. The third-order valence-corrected chi connectivity index (χ3v) is 2.87. The summed E-state index contributed by atoms with van der Waals surface area (Å²) < 4.78 is 5.55. The second-order valence-corrected chi connectivity index (χ2v) is 5.25. The third kappa shape index (κ3) is 4.06. The molecule has 5 nitrogen and oxygen atoms in total. The van der Waals surface area contributed by atoms with E-state index in [9.17, 15) is 0 Å². The highest BCUT2D eigenvalue weighted by Gasteiger charge is 2.03. The van der Waals surface area contributed by atoms with E-state index in [0.717, 1.165) is 48.6 Å². The lowest BCUT2D eigenvalue weighted by Gasteiger charge is -2.09. The summed E-state index contributed by atoms with van der Waals surface area (Å²) >= 11 is 0. The molecule has 1 aromatic carbocycles. The first kappa shape index (κ1) is 14.5. The number of ether oxygens (including phenoxy) is 1. The normalized spacial score (nSPS) is 11.2. The van der Waals surface area contributed by atoms with E-state index in [0.29, 0.717) is 5.92 Å². The first-order valence-electron chi connectivity index (χ1n) is 6.98. The molecule has 2 aromatic rings. The monoisotopic (exact) mass is 274 g/mol. The largest absolute Gasteiger partial charge is 0.399 e. The fourth-order valence-electron chi connectivity index (χ4n) is 1.92. The Kier molecular flexibility index (Phi) is 5.12. The van der Waals surface area contributed by atoms with Crippen molar-refractivity contribution in [1.82, 2.24) is 9.97 Å². The molecule has 1 heterocycles. The molecule has 1 aromatic heterocycles. The Labute approximate surface area is 119 Å². The average molecular weight is 274 g/mol. The summed E-state index contributed by atoms with van der Waals surface area (Å²) in [6.45, 7) is 6.69. The minimum absolute atomic E-state index is 0.580. The predicted molar refractivity (Wildman–Crippen MR) is 82.7 cm³/mol. The second kappa shape index (κ2) is 7.05. The fraction of sp³-hybridized carbons (Fsp3) is 0.467. The van der Waals surface area contributed by atoms with E-state index in [1.807, 2.05) is 18.2 Å². The van der Waals surface area contributed by atoms with Crippen molar-refractivity contribution in [2.24, 2.45) is 5.92 Å². The number of hydrogen-bond acceptors (Lipinski definition) is 5. The fourth-order valence-corrected chi connectivity index (χ4v) is 1.92. The maximum Gasteiger partial charge on any atom is 0.137 e. The summed E-state index contributed by atoms with van der Waals surface area (Å²) in [6, 6.07) is 5.65. The summed E-state index contributed by atoms with van der Waals surface area (Å²) in [4.78, 5) is 8.50. The van der Waals surface area contributed by atoms with Crippen molar-refractivity contribution < 1.29 is 4.74 Å². The van der Waals surface area contributed by atoms with Gasteiger partial charge in [-0.2, -0.15) is 0 Å². The molecule has 0 aliphatic heterocycles. The lowest BCUT2D eigenvalue weighted by Crippen LogP contribution is -2.09. The molecule has 5 heteroatoms. The van der Waals surface area contributed by atoms with Crippen LogP contribution in [0.2, 0.25) is 0 Å². The molecule has 0 amide bonds. The molecule has 0 unspecified atom stereocenters. The van der Waals surface area contributed by atoms with Gasteiger partial charge in [-0.25, -0.2) is 9.97 Å². The molecule has 0 bridgehead atoms. The number of rotatable bonds is 7. The van der Waals surface area contributed by atoms with Crippen LogP contribution < -0.4 is 11.1 Å². The van der Waals surface area contributed by atoms with E-state index >= 15 is 0 Å². The molecule has 0 fully saturated rings. The van der Waals surface area contributed by atoms with Gasteiger partial charge in [-0.15, -0.1) is 0 Å². The summed E-state index contributed by atoms with van der Waals surface area (Å²) in [5.74, 6) is 1.41. The van der Waals surface area contributed by atoms with Crippen LogP contribution in [0.15, 0.2) is 24.5 Å². The molecule has 0 atom stereocenters. The number of aromatic nitrogens is 2. The number of hydrogen-bond donors (Lipinski definition) is 2. The number of benzene rings is 1. The van der Waals surface area contributed by atoms with Crippen LogP contribution in [0.4, 0.5) is 11.5 Å². The van der Waals surface area contributed by atoms with Crippen molar-refractivity contribution in [3.05, 3.63) is 24.5 Å². The first-order chi connectivity index (χ1) is 9.66. The molecule has 0 spiro atoms. The lowest BCUT2D eigenvalue weighted by molar-refractivity contribution is 0.110. The molecule has 20 heavy (non-hydrogen) atoms. The molecular formula is C15H22N4O. The van der Waals surface area contributed by atoms with Crippen molar-refractivity contribution >= 4 is 22.4 Å². The standard InChI is InChI=1S/C15H22N4O/c1-11(2)9-20-7-3-6-17-15-13-8-12(16)4-5-14(13)18-10-19-15/h4-5,8,10-11H,3,6-7,9,16H2,1-2H3,(H,17,18,19). The number of fused-ring (bicyclic) bond motifs is 1. The van der Waals surface area contributed by atoms with Gasteiger partial charge in [0.15, 0.2) is 0 Å². The zero-order chi connectivity index (χ0) is 14.4. The number of anilines is 2. The molecule has 0 radical (unpaired) electrons. The lowest BCUT2D eigenvalue weighted by atomic mass is 10.2.